The maximum Gasteiger partial charge on any atom is 0.294 e. The molecule has 426 valence electrons. The number of nitrogens with zero attached hydrogens (tertiary/aromatic N) is 6. The number of amides is 2. The van der Waals surface area contributed by atoms with Crippen LogP contribution in [-0.2, 0) is 73.9 Å². The zero-order valence-corrected chi connectivity index (χ0v) is 47.6. The lowest BCUT2D eigenvalue weighted by molar-refractivity contribution is -0.437. The fraction of sp³-hybridized carbons (Fsp3) is 0.370. The minimum Gasteiger partial charge on any atom is -0.748 e. The van der Waals surface area contributed by atoms with Gasteiger partial charge in [-0.05, 0) is 133 Å². The number of hydrogen-bond donors (Lipinski definition) is 5. The zero-order chi connectivity index (χ0) is 58.4. The van der Waals surface area contributed by atoms with Crippen molar-refractivity contribution >= 4 is 80.6 Å². The third-order valence-electron chi connectivity index (χ3n) is 14.3. The standard InChI is InChI=1S/C54H62N8O14S4/c1-53(2)44-32-42(79(71,72)73)19-21-46(44)61(28-6-30-77(65,66)67)48(53)23-15-37-8-5-9-38(16-24-49-54(3,4)45-33-43(80(74,75)76)20-22-47(45)62(49)29-7-31-78(68,69)70)52(37)39-13-10-36(11-14-39)12-25-50(63)56-27-26-51(64)59-41-18-17-40(57-34-41)35-58-60-55/h10-11,13-24,32-34H,5-9,12,25-31,35H2,1-4H3,(H5-,56,59,63,64,65,66,67,68,69,70,71,72,73,74,75,76). The summed E-state index contributed by atoms with van der Waals surface area (Å²) in [5, 5.41) is 8.95. The highest BCUT2D eigenvalue weighted by Gasteiger charge is 2.45. The highest BCUT2D eigenvalue weighted by molar-refractivity contribution is 7.86. The average molecular weight is 1180 g/mol. The molecular weight excluding hydrogens is 1110 g/mol. The van der Waals surface area contributed by atoms with Crippen LogP contribution in [0.4, 0.5) is 17.1 Å². The van der Waals surface area contributed by atoms with E-state index in [2.05, 4.69) is 25.6 Å². The van der Waals surface area contributed by atoms with E-state index in [4.69, 9.17) is 5.53 Å². The molecule has 2 amide bonds. The summed E-state index contributed by atoms with van der Waals surface area (Å²) in [5.41, 5.74) is 15.5. The molecule has 3 aromatic carbocycles. The second kappa shape index (κ2) is 24.5. The van der Waals surface area contributed by atoms with Crippen LogP contribution in [0.3, 0.4) is 0 Å². The van der Waals surface area contributed by atoms with Gasteiger partial charge in [-0.3, -0.25) is 28.2 Å². The summed E-state index contributed by atoms with van der Waals surface area (Å²) in [6.07, 6.45) is 11.5. The number of benzene rings is 3. The Bertz CT molecular complexity index is 3770. The molecule has 0 unspecified atom stereocenters. The van der Waals surface area contributed by atoms with Gasteiger partial charge in [0.05, 0.1) is 49.5 Å². The Morgan fingerprint density at radius 1 is 0.812 bits per heavy atom. The zero-order valence-electron chi connectivity index (χ0n) is 44.4. The fourth-order valence-electron chi connectivity index (χ4n) is 10.3. The Kier molecular flexibility index (Phi) is 18.6. The molecule has 5 N–H and O–H groups in total. The van der Waals surface area contributed by atoms with E-state index in [1.54, 1.807) is 18.2 Å². The lowest BCUT2D eigenvalue weighted by Gasteiger charge is -2.27. The molecule has 22 nitrogen and oxygen atoms in total. The highest BCUT2D eigenvalue weighted by Crippen LogP contribution is 2.49. The van der Waals surface area contributed by atoms with E-state index in [9.17, 15) is 61.5 Å². The van der Waals surface area contributed by atoms with E-state index in [0.717, 1.165) is 27.8 Å². The van der Waals surface area contributed by atoms with Gasteiger partial charge in [0, 0.05) is 83.2 Å². The number of aryl methyl sites for hydroxylation is 1. The van der Waals surface area contributed by atoms with E-state index < -0.39 is 62.8 Å². The molecule has 4 aromatic rings. The Hall–Kier alpha value is -6.87. The molecule has 26 heteroatoms. The molecule has 3 heterocycles. The summed E-state index contributed by atoms with van der Waals surface area (Å²) >= 11 is 0. The first-order valence-corrected chi connectivity index (χ1v) is 31.5. The van der Waals surface area contributed by atoms with Crippen LogP contribution in [-0.4, -0.2) is 110 Å². The Morgan fingerprint density at radius 2 is 1.50 bits per heavy atom. The van der Waals surface area contributed by atoms with Crippen molar-refractivity contribution in [3.63, 3.8) is 0 Å². The van der Waals surface area contributed by atoms with Gasteiger partial charge >= 0.3 is 0 Å². The lowest BCUT2D eigenvalue weighted by atomic mass is 9.79. The molecule has 1 aromatic heterocycles. The van der Waals surface area contributed by atoms with Crippen LogP contribution in [0.1, 0.15) is 101 Å². The van der Waals surface area contributed by atoms with E-state index in [0.29, 0.717) is 71.0 Å². The van der Waals surface area contributed by atoms with Crippen molar-refractivity contribution in [3.8, 4) is 0 Å². The van der Waals surface area contributed by atoms with Crippen LogP contribution in [0.15, 0.2) is 135 Å². The lowest BCUT2D eigenvalue weighted by Crippen LogP contribution is -2.28. The van der Waals surface area contributed by atoms with E-state index in [-0.39, 0.29) is 73.5 Å². The van der Waals surface area contributed by atoms with E-state index in [1.165, 1.54) is 36.5 Å². The molecule has 7 rings (SSSR count). The van der Waals surface area contributed by atoms with Gasteiger partial charge in [-0.2, -0.15) is 29.8 Å². The number of hydrogen-bond acceptors (Lipinski definition) is 14. The van der Waals surface area contributed by atoms with Crippen LogP contribution < -0.4 is 15.5 Å². The molecule has 0 saturated heterocycles. The van der Waals surface area contributed by atoms with Gasteiger partial charge in [-0.25, -0.2) is 8.42 Å². The monoisotopic (exact) mass is 1170 g/mol. The van der Waals surface area contributed by atoms with Gasteiger partial charge in [0.25, 0.3) is 30.4 Å². The Labute approximate surface area is 465 Å². The van der Waals surface area contributed by atoms with Gasteiger partial charge < -0.3 is 20.1 Å². The van der Waals surface area contributed by atoms with Gasteiger partial charge in [-0.1, -0.05) is 55.4 Å². The number of aromatic nitrogens is 1. The third-order valence-corrected chi connectivity index (χ3v) is 17.6. The van der Waals surface area contributed by atoms with Crippen LogP contribution in [0, 0.1) is 0 Å². The summed E-state index contributed by atoms with van der Waals surface area (Å²) in [6, 6.07) is 19.3. The molecule has 1 aliphatic carbocycles. The van der Waals surface area contributed by atoms with Crippen molar-refractivity contribution in [2.24, 2.45) is 5.11 Å². The number of allylic oxidation sites excluding steroid dienone is 8. The second-order valence-corrected chi connectivity index (χ2v) is 26.5. The summed E-state index contributed by atoms with van der Waals surface area (Å²) in [4.78, 5) is 33.6. The third kappa shape index (κ3) is 15.1. The molecule has 3 aliphatic rings. The number of anilines is 2. The molecule has 0 saturated carbocycles. The summed E-state index contributed by atoms with van der Waals surface area (Å²) in [7, 11) is -18.1. The van der Waals surface area contributed by atoms with Crippen molar-refractivity contribution in [1.82, 2.24) is 10.3 Å². The number of pyridine rings is 1. The van der Waals surface area contributed by atoms with Gasteiger partial charge in [0.1, 0.15) is 6.54 Å². The van der Waals surface area contributed by atoms with Crippen LogP contribution in [0.25, 0.3) is 16.0 Å². The Morgan fingerprint density at radius 3 is 2.14 bits per heavy atom. The number of azide groups is 1. The normalized spacial score (nSPS) is 17.2. The van der Waals surface area contributed by atoms with Crippen molar-refractivity contribution in [1.29, 1.82) is 0 Å². The number of nitrogens with one attached hydrogen (secondary N) is 2. The van der Waals surface area contributed by atoms with Gasteiger partial charge in [0.15, 0.2) is 5.71 Å². The minimum atomic E-state index is -4.61. The van der Waals surface area contributed by atoms with Gasteiger partial charge in [0.2, 0.25) is 17.5 Å². The van der Waals surface area contributed by atoms with Gasteiger partial charge in [-0.15, -0.1) is 0 Å². The number of carbonyl (C=O) groups is 2. The van der Waals surface area contributed by atoms with Crippen molar-refractivity contribution in [2.45, 2.75) is 106 Å². The van der Waals surface area contributed by atoms with E-state index in [1.807, 2.05) is 85.7 Å². The predicted octanol–water partition coefficient (Wildman–Crippen LogP) is 7.85. The Balaban J connectivity index is 1.23. The first-order valence-electron chi connectivity index (χ1n) is 25.5. The average Bonchev–Trinajstić information content (AvgIpc) is 3.93. The molecule has 80 heavy (non-hydrogen) atoms. The molecule has 0 spiro atoms. The predicted molar refractivity (Wildman–Crippen MR) is 300 cm³/mol. The molecule has 0 atom stereocenters. The highest BCUT2D eigenvalue weighted by atomic mass is 32.2. The summed E-state index contributed by atoms with van der Waals surface area (Å²) < 4.78 is 140. The fourth-order valence-corrected chi connectivity index (χ4v) is 12.3. The van der Waals surface area contributed by atoms with Crippen LogP contribution >= 0.6 is 0 Å². The first-order chi connectivity index (χ1) is 37.5. The second-order valence-electron chi connectivity index (χ2n) is 20.6. The maximum absolute atomic E-state index is 13.0. The molecule has 0 radical (unpaired) electrons. The first kappa shape index (κ1) is 60.8. The minimum absolute atomic E-state index is 0.00720. The van der Waals surface area contributed by atoms with Crippen LogP contribution in [0.2, 0.25) is 0 Å². The largest absolute Gasteiger partial charge is 0.748 e. The summed E-state index contributed by atoms with van der Waals surface area (Å²) in [5.74, 6) is -1.78. The maximum atomic E-state index is 13.0. The van der Waals surface area contributed by atoms with Crippen molar-refractivity contribution in [2.75, 3.05) is 41.4 Å². The molecule has 0 bridgehead atoms. The SMILES string of the molecule is CC1(C)C(/C=C/C2=C(c3ccc(CCC(=O)NCCC(=O)Nc4ccc(CN=[N+]=[N-])nc4)cc3)C(=C/C=C3/N(CCCS(=O)(=O)O)c4ccc(S(=O)(=O)O)cc4C3(C)C)/CCC2)=[N+](CCCS(=O)(=O)[O-])c2ccc(S(=O)(=O)O)cc21. The van der Waals surface area contributed by atoms with Crippen LogP contribution in [0.5, 0.6) is 0 Å². The molecule has 0 fully saturated rings. The van der Waals surface area contributed by atoms with E-state index >= 15 is 0 Å². The smallest absolute Gasteiger partial charge is 0.294 e. The molecular formula is C54H62N8O14S4. The number of fused-ring (bicyclic) bond motifs is 2. The molecule has 2 aliphatic heterocycles. The number of carbonyl (C=O) groups excluding carboxylic acids is 2. The van der Waals surface area contributed by atoms with Crippen molar-refractivity contribution < 1.29 is 66.0 Å². The number of rotatable bonds is 23. The summed E-state index contributed by atoms with van der Waals surface area (Å²) in [6.45, 7) is 7.86. The topological polar surface area (TPSA) is 346 Å². The quantitative estimate of drug-likeness (QED) is 0.0155. The van der Waals surface area contributed by atoms with Crippen molar-refractivity contribution in [3.05, 3.63) is 159 Å².